The first-order valence-electron chi connectivity index (χ1n) is 5.40. The molecule has 0 radical (unpaired) electrons. The molecule has 2 rings (SSSR count). The highest BCUT2D eigenvalue weighted by molar-refractivity contribution is 7.86. The summed E-state index contributed by atoms with van der Waals surface area (Å²) in [5, 5.41) is 0.208. The second-order valence-electron chi connectivity index (χ2n) is 3.84. The van der Waals surface area contributed by atoms with E-state index in [0.717, 1.165) is 11.6 Å². The van der Waals surface area contributed by atoms with Crippen LogP contribution in [0, 0.1) is 0 Å². The van der Waals surface area contributed by atoms with Crippen molar-refractivity contribution in [3.05, 3.63) is 59.1 Å². The van der Waals surface area contributed by atoms with Gasteiger partial charge in [0.25, 0.3) is 10.1 Å². The van der Waals surface area contributed by atoms with Crippen molar-refractivity contribution in [2.75, 3.05) is 0 Å². The lowest BCUT2D eigenvalue weighted by atomic mass is 10.2. The number of hydrogen-bond acceptors (Lipinski definition) is 3. The first kappa shape index (κ1) is 13.9. The van der Waals surface area contributed by atoms with Crippen LogP contribution >= 0.6 is 11.6 Å². The Morgan fingerprint density at radius 2 is 1.79 bits per heavy atom. The predicted molar refractivity (Wildman–Crippen MR) is 72.0 cm³/mol. The van der Waals surface area contributed by atoms with Crippen LogP contribution in [0.4, 0.5) is 0 Å². The summed E-state index contributed by atoms with van der Waals surface area (Å²) in [5.41, 5.74) is 0.888. The highest BCUT2D eigenvalue weighted by Gasteiger charge is 2.17. The second-order valence-corrected chi connectivity index (χ2v) is 5.67. The van der Waals surface area contributed by atoms with Gasteiger partial charge in [0, 0.05) is 5.02 Å². The molecule has 0 unspecified atom stereocenters. The summed E-state index contributed by atoms with van der Waals surface area (Å²) in [6.07, 6.45) is 0. The van der Waals surface area contributed by atoms with Crippen LogP contribution in [0.1, 0.15) is 5.56 Å². The Kier molecular flexibility index (Phi) is 4.09. The highest BCUT2D eigenvalue weighted by atomic mass is 35.5. The van der Waals surface area contributed by atoms with Crippen LogP contribution in [0.5, 0.6) is 5.75 Å². The number of rotatable bonds is 4. The minimum atomic E-state index is -4.37. The molecular weight excluding hydrogens is 288 g/mol. The molecule has 0 heterocycles. The van der Waals surface area contributed by atoms with Gasteiger partial charge >= 0.3 is 0 Å². The van der Waals surface area contributed by atoms with E-state index in [1.54, 1.807) is 0 Å². The van der Waals surface area contributed by atoms with Gasteiger partial charge in [-0.05, 0) is 23.8 Å². The molecular formula is C13H11ClO4S. The van der Waals surface area contributed by atoms with E-state index >= 15 is 0 Å². The zero-order valence-electron chi connectivity index (χ0n) is 9.78. The van der Waals surface area contributed by atoms with E-state index in [4.69, 9.17) is 20.9 Å². The van der Waals surface area contributed by atoms with Crippen molar-refractivity contribution >= 4 is 21.7 Å². The quantitative estimate of drug-likeness (QED) is 0.881. The lowest BCUT2D eigenvalue weighted by Crippen LogP contribution is -2.04. The molecule has 2 aromatic carbocycles. The Bertz CT molecular complexity index is 668. The third kappa shape index (κ3) is 3.70. The molecule has 0 aliphatic carbocycles. The molecule has 6 heteroatoms. The molecule has 4 nitrogen and oxygen atoms in total. The molecule has 0 bridgehead atoms. The summed E-state index contributed by atoms with van der Waals surface area (Å²) in [6.45, 7) is 0.199. The monoisotopic (exact) mass is 298 g/mol. The molecule has 19 heavy (non-hydrogen) atoms. The van der Waals surface area contributed by atoms with Crippen LogP contribution in [-0.4, -0.2) is 13.0 Å². The first-order valence-corrected chi connectivity index (χ1v) is 7.22. The minimum absolute atomic E-state index is 0.0655. The molecule has 2 aromatic rings. The first-order chi connectivity index (χ1) is 8.97. The Hall–Kier alpha value is -1.56. The van der Waals surface area contributed by atoms with Crippen molar-refractivity contribution in [2.24, 2.45) is 0 Å². The van der Waals surface area contributed by atoms with Crippen LogP contribution in [0.15, 0.2) is 53.4 Å². The van der Waals surface area contributed by atoms with Gasteiger partial charge in [0.05, 0.1) is 0 Å². The van der Waals surface area contributed by atoms with Crippen LogP contribution in [0.3, 0.4) is 0 Å². The predicted octanol–water partition coefficient (Wildman–Crippen LogP) is 3.17. The van der Waals surface area contributed by atoms with Crippen LogP contribution < -0.4 is 4.74 Å². The maximum Gasteiger partial charge on any atom is 0.298 e. The average molecular weight is 299 g/mol. The van der Waals surface area contributed by atoms with E-state index in [2.05, 4.69) is 0 Å². The lowest BCUT2D eigenvalue weighted by Gasteiger charge is -2.10. The average Bonchev–Trinajstić information content (AvgIpc) is 2.37. The SMILES string of the molecule is O=S(=O)(O)c1cc(Cl)ccc1OCc1ccccc1. The summed E-state index contributed by atoms with van der Waals surface area (Å²) in [6, 6.07) is 13.3. The zero-order chi connectivity index (χ0) is 13.9. The van der Waals surface area contributed by atoms with Gasteiger partial charge in [-0.2, -0.15) is 8.42 Å². The van der Waals surface area contributed by atoms with Crippen molar-refractivity contribution in [1.29, 1.82) is 0 Å². The standard InChI is InChI=1S/C13H11ClO4S/c14-11-6-7-12(13(8-11)19(15,16)17)18-9-10-4-2-1-3-5-10/h1-8H,9H2,(H,15,16,17). The number of ether oxygens (including phenoxy) is 1. The van der Waals surface area contributed by atoms with Crippen LogP contribution in [0.2, 0.25) is 5.02 Å². The minimum Gasteiger partial charge on any atom is -0.487 e. The van der Waals surface area contributed by atoms with E-state index in [1.807, 2.05) is 30.3 Å². The van der Waals surface area contributed by atoms with Crippen LogP contribution in [-0.2, 0) is 16.7 Å². The summed E-state index contributed by atoms with van der Waals surface area (Å²) >= 11 is 5.71. The third-order valence-corrected chi connectivity index (χ3v) is 3.53. The van der Waals surface area contributed by atoms with Gasteiger partial charge in [-0.15, -0.1) is 0 Å². The maximum absolute atomic E-state index is 11.2. The molecule has 0 atom stereocenters. The van der Waals surface area contributed by atoms with E-state index in [-0.39, 0.29) is 22.3 Å². The van der Waals surface area contributed by atoms with Gasteiger partial charge in [0.2, 0.25) is 0 Å². The van der Waals surface area contributed by atoms with Crippen molar-refractivity contribution < 1.29 is 17.7 Å². The molecule has 0 amide bonds. The van der Waals surface area contributed by atoms with Gasteiger partial charge in [-0.1, -0.05) is 41.9 Å². The van der Waals surface area contributed by atoms with E-state index < -0.39 is 10.1 Å². The fraction of sp³-hybridized carbons (Fsp3) is 0.0769. The molecule has 0 spiro atoms. The molecule has 100 valence electrons. The summed E-state index contributed by atoms with van der Waals surface area (Å²) in [5.74, 6) is 0.0655. The van der Waals surface area contributed by atoms with Gasteiger partial charge in [0.15, 0.2) is 0 Å². The zero-order valence-corrected chi connectivity index (χ0v) is 11.4. The van der Waals surface area contributed by atoms with Crippen molar-refractivity contribution in [3.8, 4) is 5.75 Å². The summed E-state index contributed by atoms with van der Waals surface area (Å²) < 4.78 is 37.0. The Labute approximate surface area is 116 Å². The molecule has 0 saturated carbocycles. The third-order valence-electron chi connectivity index (χ3n) is 2.42. The Balaban J connectivity index is 2.26. The van der Waals surface area contributed by atoms with Gasteiger partial charge in [-0.3, -0.25) is 4.55 Å². The van der Waals surface area contributed by atoms with Gasteiger partial charge in [0.1, 0.15) is 17.3 Å². The Morgan fingerprint density at radius 3 is 2.42 bits per heavy atom. The normalized spacial score (nSPS) is 11.3. The molecule has 0 aromatic heterocycles. The highest BCUT2D eigenvalue weighted by Crippen LogP contribution is 2.27. The second kappa shape index (κ2) is 5.61. The number of benzene rings is 2. The van der Waals surface area contributed by atoms with E-state index in [0.29, 0.717) is 0 Å². The fourth-order valence-corrected chi connectivity index (χ4v) is 2.43. The van der Waals surface area contributed by atoms with Crippen LogP contribution in [0.25, 0.3) is 0 Å². The van der Waals surface area contributed by atoms with Crippen molar-refractivity contribution in [3.63, 3.8) is 0 Å². The largest absolute Gasteiger partial charge is 0.487 e. The van der Waals surface area contributed by atoms with Crippen molar-refractivity contribution in [2.45, 2.75) is 11.5 Å². The van der Waals surface area contributed by atoms with E-state index in [9.17, 15) is 8.42 Å². The van der Waals surface area contributed by atoms with Gasteiger partial charge < -0.3 is 4.74 Å². The molecule has 0 fully saturated rings. The molecule has 1 N–H and O–H groups in total. The fourth-order valence-electron chi connectivity index (χ4n) is 1.54. The summed E-state index contributed by atoms with van der Waals surface area (Å²) in [4.78, 5) is -0.337. The number of halogens is 1. The lowest BCUT2D eigenvalue weighted by molar-refractivity contribution is 0.296. The maximum atomic E-state index is 11.2. The topological polar surface area (TPSA) is 63.6 Å². The van der Waals surface area contributed by atoms with Crippen molar-refractivity contribution in [1.82, 2.24) is 0 Å². The Morgan fingerprint density at radius 1 is 1.11 bits per heavy atom. The molecule has 0 aliphatic rings. The van der Waals surface area contributed by atoms with E-state index in [1.165, 1.54) is 12.1 Å². The number of hydrogen-bond donors (Lipinski definition) is 1. The van der Waals surface area contributed by atoms with Gasteiger partial charge in [-0.25, -0.2) is 0 Å². The molecule has 0 saturated heterocycles. The smallest absolute Gasteiger partial charge is 0.298 e. The summed E-state index contributed by atoms with van der Waals surface area (Å²) in [7, 11) is -4.37. The molecule has 0 aliphatic heterocycles.